The Bertz CT molecular complexity index is 1350. The molecule has 7 nitrogen and oxygen atoms in total. The summed E-state index contributed by atoms with van der Waals surface area (Å²) in [6, 6.07) is 10.4. The molecule has 3 heterocycles. The summed E-state index contributed by atoms with van der Waals surface area (Å²) in [4.78, 5) is 25.4. The van der Waals surface area contributed by atoms with Gasteiger partial charge in [-0.05, 0) is 51.0 Å². The van der Waals surface area contributed by atoms with Gasteiger partial charge in [-0.3, -0.25) is 9.59 Å². The average molecular weight is 458 g/mol. The van der Waals surface area contributed by atoms with Gasteiger partial charge in [-0.2, -0.15) is 4.31 Å². The monoisotopic (exact) mass is 457 g/mol. The van der Waals surface area contributed by atoms with Gasteiger partial charge in [0.1, 0.15) is 5.82 Å². The first-order valence-electron chi connectivity index (χ1n) is 10.4. The van der Waals surface area contributed by atoms with Crippen molar-refractivity contribution in [2.24, 2.45) is 0 Å². The lowest BCUT2D eigenvalue weighted by atomic mass is 10.1. The number of halogens is 1. The molecule has 1 aliphatic heterocycles. The van der Waals surface area contributed by atoms with Crippen LogP contribution >= 0.6 is 0 Å². The normalized spacial score (nSPS) is 14.7. The number of hydrogen-bond acceptors (Lipinski definition) is 4. The van der Waals surface area contributed by atoms with Gasteiger partial charge >= 0.3 is 0 Å². The van der Waals surface area contributed by atoms with Crippen molar-refractivity contribution in [1.29, 1.82) is 0 Å². The van der Waals surface area contributed by atoms with E-state index in [2.05, 4.69) is 0 Å². The number of benzene rings is 1. The smallest absolute Gasteiger partial charge is 0.251 e. The van der Waals surface area contributed by atoms with Crippen LogP contribution in [0.3, 0.4) is 0 Å². The molecule has 0 spiro atoms. The molecule has 9 heteroatoms. The van der Waals surface area contributed by atoms with E-state index in [-0.39, 0.29) is 17.2 Å². The molecule has 1 saturated heterocycles. The van der Waals surface area contributed by atoms with Crippen molar-refractivity contribution < 1.29 is 17.6 Å². The van der Waals surface area contributed by atoms with E-state index < -0.39 is 21.4 Å². The Hall–Kier alpha value is -3.04. The number of sulfonamides is 1. The molecule has 0 saturated carbocycles. The number of Topliss-reactive ketones (excluding diaryl/α,β-unsaturated/α-hetero) is 1. The van der Waals surface area contributed by atoms with Gasteiger partial charge in [0.2, 0.25) is 10.0 Å². The molecule has 0 radical (unpaired) electrons. The summed E-state index contributed by atoms with van der Waals surface area (Å²) < 4.78 is 44.1. The molecular weight excluding hydrogens is 433 g/mol. The molecule has 0 atom stereocenters. The van der Waals surface area contributed by atoms with Crippen LogP contribution in [0.15, 0.2) is 58.4 Å². The summed E-state index contributed by atoms with van der Waals surface area (Å²) >= 11 is 0. The van der Waals surface area contributed by atoms with Gasteiger partial charge < -0.3 is 9.13 Å². The third kappa shape index (κ3) is 3.93. The molecule has 0 N–H and O–H groups in total. The molecule has 1 aromatic carbocycles. The Labute approximate surface area is 185 Å². The van der Waals surface area contributed by atoms with Crippen LogP contribution in [0.1, 0.15) is 34.6 Å². The highest BCUT2D eigenvalue weighted by molar-refractivity contribution is 7.89. The van der Waals surface area contributed by atoms with Crippen molar-refractivity contribution in [3.05, 3.63) is 81.8 Å². The Balaban J connectivity index is 1.66. The predicted octanol–water partition coefficient (Wildman–Crippen LogP) is 3.06. The maximum absolute atomic E-state index is 14.3. The van der Waals surface area contributed by atoms with Crippen LogP contribution in [0.4, 0.5) is 4.39 Å². The van der Waals surface area contributed by atoms with Crippen molar-refractivity contribution in [3.63, 3.8) is 0 Å². The zero-order valence-corrected chi connectivity index (χ0v) is 18.7. The third-order valence-corrected chi connectivity index (χ3v) is 7.68. The zero-order valence-electron chi connectivity index (χ0n) is 17.9. The first kappa shape index (κ1) is 22.2. The van der Waals surface area contributed by atoms with Gasteiger partial charge in [0.15, 0.2) is 5.78 Å². The predicted molar refractivity (Wildman–Crippen MR) is 118 cm³/mol. The number of aromatic nitrogens is 2. The van der Waals surface area contributed by atoms with E-state index >= 15 is 0 Å². The summed E-state index contributed by atoms with van der Waals surface area (Å²) in [5.41, 5.74) is 1.43. The van der Waals surface area contributed by atoms with Gasteiger partial charge in [0.25, 0.3) is 5.56 Å². The Morgan fingerprint density at radius 3 is 2.44 bits per heavy atom. The average Bonchev–Trinajstić information content (AvgIpc) is 3.39. The fourth-order valence-electron chi connectivity index (χ4n) is 4.15. The lowest BCUT2D eigenvalue weighted by Crippen LogP contribution is -2.30. The van der Waals surface area contributed by atoms with E-state index in [4.69, 9.17) is 0 Å². The van der Waals surface area contributed by atoms with E-state index in [1.807, 2.05) is 0 Å². The second-order valence-electron chi connectivity index (χ2n) is 7.94. The van der Waals surface area contributed by atoms with E-state index in [0.29, 0.717) is 35.7 Å². The van der Waals surface area contributed by atoms with Crippen LogP contribution in [0.2, 0.25) is 0 Å². The summed E-state index contributed by atoms with van der Waals surface area (Å²) in [6.07, 6.45) is 2.83. The summed E-state index contributed by atoms with van der Waals surface area (Å²) in [6.45, 7) is 4.06. The molecular formula is C23H24FN3O4S. The number of aryl methyl sites for hydroxylation is 1. The fraction of sp³-hybridized carbons (Fsp3) is 0.304. The number of nitrogens with zero attached hydrogens (tertiary/aromatic N) is 3. The summed E-state index contributed by atoms with van der Waals surface area (Å²) in [7, 11) is -3.71. The second-order valence-corrected chi connectivity index (χ2v) is 9.87. The molecule has 3 aromatic rings. The molecule has 1 aliphatic rings. The number of carbonyl (C=O) groups is 1. The van der Waals surface area contributed by atoms with Crippen LogP contribution in [0.25, 0.3) is 5.69 Å². The van der Waals surface area contributed by atoms with Crippen LogP contribution < -0.4 is 5.56 Å². The molecule has 0 unspecified atom stereocenters. The number of rotatable bonds is 6. The van der Waals surface area contributed by atoms with Crippen molar-refractivity contribution in [2.45, 2.75) is 38.1 Å². The largest absolute Gasteiger partial charge is 0.315 e. The lowest BCUT2D eigenvalue weighted by molar-refractivity contribution is 0.0970. The highest BCUT2D eigenvalue weighted by Gasteiger charge is 2.28. The number of hydrogen-bond donors (Lipinski definition) is 0. The Kier molecular flexibility index (Phi) is 5.87. The fourth-order valence-corrected chi connectivity index (χ4v) is 5.69. The first-order chi connectivity index (χ1) is 15.2. The molecule has 0 amide bonds. The van der Waals surface area contributed by atoms with E-state index in [1.54, 1.807) is 42.7 Å². The van der Waals surface area contributed by atoms with Crippen molar-refractivity contribution >= 4 is 15.8 Å². The number of pyridine rings is 1. The minimum atomic E-state index is -3.71. The van der Waals surface area contributed by atoms with Crippen molar-refractivity contribution in [2.75, 3.05) is 13.1 Å². The second kappa shape index (κ2) is 8.48. The van der Waals surface area contributed by atoms with Gasteiger partial charge in [-0.25, -0.2) is 12.8 Å². The SMILES string of the molecule is Cc1cc(C(=O)Cn2cc(S(=O)(=O)N3CCCC3)ccc2=O)c(C)n1-c1ccccc1F. The van der Waals surface area contributed by atoms with Gasteiger partial charge in [0.05, 0.1) is 17.1 Å². The van der Waals surface area contributed by atoms with Crippen molar-refractivity contribution in [3.8, 4) is 5.69 Å². The highest BCUT2D eigenvalue weighted by Crippen LogP contribution is 2.24. The third-order valence-electron chi connectivity index (χ3n) is 5.80. The van der Waals surface area contributed by atoms with Crippen LogP contribution in [0.5, 0.6) is 0 Å². The Morgan fingerprint density at radius 2 is 1.75 bits per heavy atom. The van der Waals surface area contributed by atoms with Crippen LogP contribution in [-0.2, 0) is 16.6 Å². The minimum absolute atomic E-state index is 0.0105. The van der Waals surface area contributed by atoms with Crippen LogP contribution in [0, 0.1) is 19.7 Å². The summed E-state index contributed by atoms with van der Waals surface area (Å²) in [5, 5.41) is 0. The maximum atomic E-state index is 14.3. The minimum Gasteiger partial charge on any atom is -0.315 e. The van der Waals surface area contributed by atoms with E-state index in [9.17, 15) is 22.4 Å². The van der Waals surface area contributed by atoms with Crippen molar-refractivity contribution in [1.82, 2.24) is 13.4 Å². The molecule has 168 valence electrons. The van der Waals surface area contributed by atoms with Gasteiger partial charge in [0, 0.05) is 42.3 Å². The topological polar surface area (TPSA) is 81.4 Å². The zero-order chi connectivity index (χ0) is 23.0. The quantitative estimate of drug-likeness (QED) is 0.533. The molecule has 4 rings (SSSR count). The first-order valence-corrected chi connectivity index (χ1v) is 11.8. The summed E-state index contributed by atoms with van der Waals surface area (Å²) in [5.74, 6) is -0.775. The van der Waals surface area contributed by atoms with Crippen LogP contribution in [-0.4, -0.2) is 40.7 Å². The molecule has 0 aliphatic carbocycles. The highest BCUT2D eigenvalue weighted by atomic mass is 32.2. The van der Waals surface area contributed by atoms with Gasteiger partial charge in [-0.15, -0.1) is 0 Å². The van der Waals surface area contributed by atoms with Gasteiger partial charge in [-0.1, -0.05) is 12.1 Å². The number of ketones is 1. The lowest BCUT2D eigenvalue weighted by Gasteiger charge is -2.16. The standard InChI is InChI=1S/C23H24FN3O4S/c1-16-13-19(17(2)27(16)21-8-4-3-7-20(21)24)22(28)15-25-14-18(9-10-23(25)29)32(30,31)26-11-5-6-12-26/h3-4,7-10,13-14H,5-6,11-12,15H2,1-2H3. The Morgan fingerprint density at radius 1 is 1.06 bits per heavy atom. The molecule has 0 bridgehead atoms. The molecule has 1 fully saturated rings. The molecule has 32 heavy (non-hydrogen) atoms. The molecule has 2 aromatic heterocycles. The van der Waals surface area contributed by atoms with E-state index in [0.717, 1.165) is 17.4 Å². The van der Waals surface area contributed by atoms with E-state index in [1.165, 1.54) is 28.7 Å². The maximum Gasteiger partial charge on any atom is 0.251 e. The number of para-hydroxylation sites is 1. The number of carbonyl (C=O) groups excluding carboxylic acids is 1.